The van der Waals surface area contributed by atoms with Gasteiger partial charge in [-0.2, -0.15) is 0 Å². The Kier molecular flexibility index (Phi) is 9.65. The number of rotatable bonds is 10. The molecule has 12 heteroatoms. The van der Waals surface area contributed by atoms with E-state index in [1.165, 1.54) is 12.1 Å². The maximum absolute atomic E-state index is 13.0. The Bertz CT molecular complexity index is 1540. The van der Waals surface area contributed by atoms with Crippen molar-refractivity contribution in [1.29, 1.82) is 0 Å². The molecule has 1 heterocycles. The van der Waals surface area contributed by atoms with E-state index in [9.17, 15) is 24.5 Å². The van der Waals surface area contributed by atoms with Crippen molar-refractivity contribution in [2.75, 3.05) is 18.5 Å². The minimum Gasteiger partial charge on any atom is -0.490 e. The molecule has 1 N–H and O–H groups in total. The Labute approximate surface area is 254 Å². The first-order chi connectivity index (χ1) is 19.5. The van der Waals surface area contributed by atoms with Gasteiger partial charge in [-0.3, -0.25) is 29.4 Å². The molecule has 0 aromatic heterocycles. The van der Waals surface area contributed by atoms with Crippen molar-refractivity contribution in [3.63, 3.8) is 0 Å². The quantitative estimate of drug-likeness (QED) is 0.111. The van der Waals surface area contributed by atoms with E-state index in [2.05, 4.69) is 27.9 Å². The van der Waals surface area contributed by atoms with Gasteiger partial charge < -0.3 is 14.8 Å². The number of nitrogens with zero attached hydrogens (tertiary/aromatic N) is 2. The van der Waals surface area contributed by atoms with Crippen LogP contribution < -0.4 is 14.8 Å². The number of carbonyl (C=O) groups excluding carboxylic acids is 3. The van der Waals surface area contributed by atoms with Crippen LogP contribution in [0.2, 0.25) is 0 Å². The second-order valence-electron chi connectivity index (χ2n) is 9.17. The van der Waals surface area contributed by atoms with Crippen molar-refractivity contribution in [1.82, 2.24) is 4.90 Å². The highest BCUT2D eigenvalue weighted by Crippen LogP contribution is 2.38. The number of amides is 3. The van der Waals surface area contributed by atoms with E-state index in [1.807, 2.05) is 39.0 Å². The maximum Gasteiger partial charge on any atom is 0.294 e. The molecule has 4 rings (SSSR count). The smallest absolute Gasteiger partial charge is 0.294 e. The highest BCUT2D eigenvalue weighted by molar-refractivity contribution is 14.1. The summed E-state index contributed by atoms with van der Waals surface area (Å²) in [6.45, 7) is 5.79. The fraction of sp³-hybridized carbons (Fsp3) is 0.207. The van der Waals surface area contributed by atoms with Gasteiger partial charge in [0.1, 0.15) is 13.2 Å². The number of carbonyl (C=O) groups is 3. The Morgan fingerprint density at radius 1 is 1.07 bits per heavy atom. The fourth-order valence-electron chi connectivity index (χ4n) is 4.12. The van der Waals surface area contributed by atoms with E-state index in [-0.39, 0.29) is 17.2 Å². The van der Waals surface area contributed by atoms with Crippen molar-refractivity contribution < 1.29 is 28.8 Å². The zero-order valence-electron chi connectivity index (χ0n) is 22.4. The molecule has 0 spiro atoms. The number of non-ortho nitro benzene ring substituents is 1. The Morgan fingerprint density at radius 3 is 2.39 bits per heavy atom. The van der Waals surface area contributed by atoms with Crippen LogP contribution in [0.3, 0.4) is 0 Å². The molecule has 0 saturated carbocycles. The highest BCUT2D eigenvalue weighted by Gasteiger charge is 2.36. The number of hydrogen-bond acceptors (Lipinski definition) is 8. The lowest BCUT2D eigenvalue weighted by Gasteiger charge is -2.15. The van der Waals surface area contributed by atoms with Crippen LogP contribution >= 0.6 is 34.4 Å². The summed E-state index contributed by atoms with van der Waals surface area (Å²) in [7, 11) is 0. The predicted molar refractivity (Wildman–Crippen MR) is 165 cm³/mol. The minimum absolute atomic E-state index is 0.00547. The second-order valence-corrected chi connectivity index (χ2v) is 11.3. The van der Waals surface area contributed by atoms with Crippen LogP contribution in [0.5, 0.6) is 11.5 Å². The summed E-state index contributed by atoms with van der Waals surface area (Å²) in [4.78, 5) is 49.8. The molecular weight excluding hydrogens is 661 g/mol. The summed E-state index contributed by atoms with van der Waals surface area (Å²) in [5.74, 6) is -0.0954. The zero-order chi connectivity index (χ0) is 29.7. The number of benzene rings is 3. The molecule has 1 fully saturated rings. The van der Waals surface area contributed by atoms with E-state index < -0.39 is 28.5 Å². The SMILES string of the molecule is CCOc1cc(/C=C2/SC(=O)N(CC(=O)Nc3cc(C)cc(C)c3)C2=O)cc(I)c1OCc1ccc([N+](=O)[O-])cc1. The van der Waals surface area contributed by atoms with Crippen LogP contribution in [0.1, 0.15) is 29.2 Å². The van der Waals surface area contributed by atoms with Gasteiger partial charge in [-0.05, 0) is 120 Å². The lowest BCUT2D eigenvalue weighted by molar-refractivity contribution is -0.384. The molecule has 3 aromatic carbocycles. The molecule has 0 radical (unpaired) electrons. The van der Waals surface area contributed by atoms with Crippen molar-refractivity contribution in [3.05, 3.63) is 95.4 Å². The first kappa shape index (κ1) is 30.1. The van der Waals surface area contributed by atoms with Crippen LogP contribution in [-0.2, 0) is 16.2 Å². The van der Waals surface area contributed by atoms with Crippen LogP contribution in [-0.4, -0.2) is 40.0 Å². The highest BCUT2D eigenvalue weighted by atomic mass is 127. The molecule has 10 nitrogen and oxygen atoms in total. The molecule has 3 amide bonds. The molecule has 0 unspecified atom stereocenters. The monoisotopic (exact) mass is 687 g/mol. The molecule has 1 saturated heterocycles. The number of nitro benzene ring substituents is 1. The van der Waals surface area contributed by atoms with Crippen molar-refractivity contribution in [2.45, 2.75) is 27.4 Å². The number of ether oxygens (including phenoxy) is 2. The predicted octanol–water partition coefficient (Wildman–Crippen LogP) is 6.47. The Hall–Kier alpha value is -3.91. The summed E-state index contributed by atoms with van der Waals surface area (Å²) < 4.78 is 12.5. The molecule has 1 aliphatic rings. The topological polar surface area (TPSA) is 128 Å². The van der Waals surface area contributed by atoms with E-state index >= 15 is 0 Å². The van der Waals surface area contributed by atoms with Gasteiger partial charge in [0.25, 0.3) is 16.8 Å². The third kappa shape index (κ3) is 7.64. The van der Waals surface area contributed by atoms with Crippen molar-refractivity contribution >= 4 is 68.9 Å². The first-order valence-electron chi connectivity index (χ1n) is 12.5. The number of aryl methyl sites for hydroxylation is 2. The fourth-order valence-corrected chi connectivity index (χ4v) is 5.74. The number of anilines is 1. The lowest BCUT2D eigenvalue weighted by atomic mass is 10.1. The lowest BCUT2D eigenvalue weighted by Crippen LogP contribution is -2.36. The molecule has 3 aromatic rings. The van der Waals surface area contributed by atoms with E-state index in [1.54, 1.807) is 30.3 Å². The number of nitrogens with one attached hydrogen (secondary N) is 1. The van der Waals surface area contributed by atoms with Gasteiger partial charge >= 0.3 is 0 Å². The van der Waals surface area contributed by atoms with E-state index in [0.717, 1.165) is 33.4 Å². The van der Waals surface area contributed by atoms with Gasteiger partial charge in [0.15, 0.2) is 11.5 Å². The summed E-state index contributed by atoms with van der Waals surface area (Å²) in [6, 6.07) is 15.2. The van der Waals surface area contributed by atoms with Gasteiger partial charge in [0, 0.05) is 17.8 Å². The summed E-state index contributed by atoms with van der Waals surface area (Å²) in [6.07, 6.45) is 1.58. The average Bonchev–Trinajstić information content (AvgIpc) is 3.15. The molecule has 212 valence electrons. The van der Waals surface area contributed by atoms with Gasteiger partial charge in [0.05, 0.1) is 20.0 Å². The van der Waals surface area contributed by atoms with Crippen LogP contribution in [0.15, 0.2) is 59.5 Å². The van der Waals surface area contributed by atoms with E-state index in [0.29, 0.717) is 32.9 Å². The summed E-state index contributed by atoms with van der Waals surface area (Å²) in [5.41, 5.74) is 3.92. The average molecular weight is 688 g/mol. The number of imide groups is 1. The van der Waals surface area contributed by atoms with Gasteiger partial charge in [-0.25, -0.2) is 0 Å². The standard InChI is InChI=1S/C29H26IN3O7S/c1-4-39-24-13-20(12-23(30)27(24)40-16-19-5-7-22(8-6-19)33(37)38)14-25-28(35)32(29(36)41-25)15-26(34)31-21-10-17(2)9-18(3)11-21/h5-14H,4,15-16H2,1-3H3,(H,31,34)/b25-14+. The van der Waals surface area contributed by atoms with Crippen molar-refractivity contribution in [2.24, 2.45) is 0 Å². The summed E-state index contributed by atoms with van der Waals surface area (Å²) >= 11 is 2.86. The Balaban J connectivity index is 1.48. The molecule has 0 atom stereocenters. The van der Waals surface area contributed by atoms with E-state index in [4.69, 9.17) is 9.47 Å². The van der Waals surface area contributed by atoms with Gasteiger partial charge in [0.2, 0.25) is 5.91 Å². The molecule has 41 heavy (non-hydrogen) atoms. The normalized spacial score (nSPS) is 14.0. The van der Waals surface area contributed by atoms with Crippen LogP contribution in [0.25, 0.3) is 6.08 Å². The number of halogens is 1. The zero-order valence-corrected chi connectivity index (χ0v) is 25.4. The largest absolute Gasteiger partial charge is 0.490 e. The van der Waals surface area contributed by atoms with Crippen molar-refractivity contribution in [3.8, 4) is 11.5 Å². The number of nitro groups is 1. The van der Waals surface area contributed by atoms with Crippen LogP contribution in [0.4, 0.5) is 16.2 Å². The van der Waals surface area contributed by atoms with Gasteiger partial charge in [-0.15, -0.1) is 0 Å². The molecule has 1 aliphatic heterocycles. The van der Waals surface area contributed by atoms with Crippen LogP contribution in [0, 0.1) is 27.5 Å². The Morgan fingerprint density at radius 2 is 1.76 bits per heavy atom. The number of thioether (sulfide) groups is 1. The third-order valence-corrected chi connectivity index (χ3v) is 7.55. The summed E-state index contributed by atoms with van der Waals surface area (Å²) in [5, 5.41) is 13.1. The van der Waals surface area contributed by atoms with Gasteiger partial charge in [-0.1, -0.05) is 6.07 Å². The third-order valence-electron chi connectivity index (χ3n) is 5.84. The first-order valence-corrected chi connectivity index (χ1v) is 14.4. The molecule has 0 bridgehead atoms. The molecule has 0 aliphatic carbocycles. The maximum atomic E-state index is 13.0. The second kappa shape index (κ2) is 13.2. The number of hydrogen-bond donors (Lipinski definition) is 1. The molecular formula is C29H26IN3O7S. The minimum atomic E-state index is -0.554.